The van der Waals surface area contributed by atoms with Gasteiger partial charge < -0.3 is 15.2 Å². The molecule has 174 valence electrons. The first-order valence-electron chi connectivity index (χ1n) is 10.4. The predicted molar refractivity (Wildman–Crippen MR) is 114 cm³/mol. The molecular formula is C22H33NO8. The summed E-state index contributed by atoms with van der Waals surface area (Å²) < 4.78 is 5.57. The molecule has 0 aliphatic carbocycles. The number of amides is 1. The standard InChI is InChI=1S/C22H33NO8/c1-2-3-4-5-6-7-18(23-21(24)12-13-22(25)26)14-17-8-10-19(11-9-17)31-20(15-29-27)16-30-28/h6-11,18,20,27-28H,2-5,12-16H2,1H3,(H,23,24)(H,25,26)/b7-6+. The van der Waals surface area contributed by atoms with Crippen LogP contribution in [0.5, 0.6) is 5.75 Å². The van der Waals surface area contributed by atoms with Crippen LogP contribution in [0.3, 0.4) is 0 Å². The lowest BCUT2D eigenvalue weighted by molar-refractivity contribution is -0.286. The SMILES string of the molecule is CCCCC/C=C/C(Cc1ccc(OC(COO)COO)cc1)NC(=O)CCC(=O)O. The minimum atomic E-state index is -1.01. The predicted octanol–water partition coefficient (Wildman–Crippen LogP) is 3.44. The number of aliphatic carboxylic acids is 1. The maximum absolute atomic E-state index is 12.1. The molecule has 0 radical (unpaired) electrons. The van der Waals surface area contributed by atoms with Gasteiger partial charge in [0.2, 0.25) is 5.91 Å². The molecule has 0 aromatic heterocycles. The summed E-state index contributed by atoms with van der Waals surface area (Å²) in [6, 6.07) is 6.88. The van der Waals surface area contributed by atoms with Crippen LogP contribution in [0, 0.1) is 0 Å². The van der Waals surface area contributed by atoms with Crippen LogP contribution in [-0.4, -0.2) is 52.9 Å². The molecular weight excluding hydrogens is 406 g/mol. The summed E-state index contributed by atoms with van der Waals surface area (Å²) in [5, 5.41) is 28.8. The number of hydrogen-bond donors (Lipinski definition) is 4. The number of hydrogen-bond acceptors (Lipinski definition) is 7. The van der Waals surface area contributed by atoms with Gasteiger partial charge in [0.25, 0.3) is 0 Å². The number of rotatable bonds is 17. The van der Waals surface area contributed by atoms with E-state index in [9.17, 15) is 9.59 Å². The third-order valence-corrected chi connectivity index (χ3v) is 4.46. The number of carboxylic acid groups (broad SMARTS) is 1. The maximum Gasteiger partial charge on any atom is 0.303 e. The summed E-state index contributed by atoms with van der Waals surface area (Å²) in [4.78, 5) is 30.9. The summed E-state index contributed by atoms with van der Waals surface area (Å²) in [5.41, 5.74) is 0.947. The monoisotopic (exact) mass is 439 g/mol. The lowest BCUT2D eigenvalue weighted by Gasteiger charge is -2.17. The summed E-state index contributed by atoms with van der Waals surface area (Å²) in [7, 11) is 0. The lowest BCUT2D eigenvalue weighted by Crippen LogP contribution is -2.35. The van der Waals surface area contributed by atoms with Crippen LogP contribution in [0.1, 0.15) is 51.0 Å². The van der Waals surface area contributed by atoms with Crippen LogP contribution in [0.25, 0.3) is 0 Å². The molecule has 0 aliphatic heterocycles. The zero-order valence-electron chi connectivity index (χ0n) is 17.9. The second-order valence-corrected chi connectivity index (χ2v) is 7.17. The van der Waals surface area contributed by atoms with Crippen molar-refractivity contribution in [3.05, 3.63) is 42.0 Å². The van der Waals surface area contributed by atoms with Crippen LogP contribution >= 0.6 is 0 Å². The van der Waals surface area contributed by atoms with Gasteiger partial charge >= 0.3 is 5.97 Å². The van der Waals surface area contributed by atoms with Crippen LogP contribution in [0.4, 0.5) is 0 Å². The average molecular weight is 440 g/mol. The van der Waals surface area contributed by atoms with Gasteiger partial charge in [0.1, 0.15) is 19.0 Å². The van der Waals surface area contributed by atoms with Crippen molar-refractivity contribution in [2.75, 3.05) is 13.2 Å². The van der Waals surface area contributed by atoms with E-state index in [1.165, 1.54) is 0 Å². The summed E-state index contributed by atoms with van der Waals surface area (Å²) in [6.07, 6.45) is 7.84. The number of ether oxygens (including phenoxy) is 1. The third-order valence-electron chi connectivity index (χ3n) is 4.46. The Balaban J connectivity index is 2.72. The number of carbonyl (C=O) groups excluding carboxylic acids is 1. The highest BCUT2D eigenvalue weighted by Gasteiger charge is 2.14. The van der Waals surface area contributed by atoms with E-state index in [1.54, 1.807) is 12.1 Å². The smallest absolute Gasteiger partial charge is 0.303 e. The zero-order chi connectivity index (χ0) is 22.9. The summed E-state index contributed by atoms with van der Waals surface area (Å²) in [5.74, 6) is -0.810. The summed E-state index contributed by atoms with van der Waals surface area (Å²) in [6.45, 7) is 1.80. The minimum absolute atomic E-state index is 0.0659. The van der Waals surface area contributed by atoms with Gasteiger partial charge in [-0.3, -0.25) is 20.1 Å². The first-order chi connectivity index (χ1) is 15.0. The summed E-state index contributed by atoms with van der Waals surface area (Å²) >= 11 is 0. The largest absolute Gasteiger partial charge is 0.485 e. The van der Waals surface area contributed by atoms with Crippen LogP contribution in [0.2, 0.25) is 0 Å². The molecule has 1 aromatic carbocycles. The van der Waals surface area contributed by atoms with Gasteiger partial charge in [0, 0.05) is 6.42 Å². The van der Waals surface area contributed by atoms with E-state index in [-0.39, 0.29) is 38.0 Å². The molecule has 9 heteroatoms. The number of unbranched alkanes of at least 4 members (excludes halogenated alkanes) is 3. The quantitative estimate of drug-likeness (QED) is 0.125. The average Bonchev–Trinajstić information content (AvgIpc) is 2.74. The fraction of sp³-hybridized carbons (Fsp3) is 0.545. The second kappa shape index (κ2) is 16.3. The van der Waals surface area contributed by atoms with Gasteiger partial charge in [0.15, 0.2) is 6.10 Å². The lowest BCUT2D eigenvalue weighted by atomic mass is 10.0. The molecule has 1 rings (SSSR count). The van der Waals surface area contributed by atoms with Crippen molar-refractivity contribution >= 4 is 11.9 Å². The Hall–Kier alpha value is -2.46. The van der Waals surface area contributed by atoms with E-state index < -0.39 is 12.1 Å². The number of allylic oxidation sites excluding steroid dienone is 1. The van der Waals surface area contributed by atoms with Gasteiger partial charge in [-0.2, -0.15) is 0 Å². The molecule has 1 unspecified atom stereocenters. The number of benzene rings is 1. The molecule has 0 fully saturated rings. The Morgan fingerprint density at radius 2 is 1.74 bits per heavy atom. The Kier molecular flexibility index (Phi) is 13.9. The fourth-order valence-corrected chi connectivity index (χ4v) is 2.87. The van der Waals surface area contributed by atoms with E-state index in [0.717, 1.165) is 31.2 Å². The van der Waals surface area contributed by atoms with E-state index in [2.05, 4.69) is 22.0 Å². The normalized spacial score (nSPS) is 12.3. The molecule has 0 aliphatic rings. The van der Waals surface area contributed by atoms with Crippen molar-refractivity contribution in [2.45, 2.75) is 64.0 Å². The first kappa shape index (κ1) is 26.6. The highest BCUT2D eigenvalue weighted by Crippen LogP contribution is 2.16. The van der Waals surface area contributed by atoms with Crippen molar-refractivity contribution in [2.24, 2.45) is 0 Å². The van der Waals surface area contributed by atoms with Crippen LogP contribution in [0.15, 0.2) is 36.4 Å². The molecule has 0 saturated heterocycles. The van der Waals surface area contributed by atoms with Gasteiger partial charge in [0.05, 0.1) is 12.5 Å². The fourth-order valence-electron chi connectivity index (χ4n) is 2.87. The molecule has 1 amide bonds. The van der Waals surface area contributed by atoms with E-state index in [0.29, 0.717) is 12.2 Å². The molecule has 1 aromatic rings. The molecule has 1 atom stereocenters. The second-order valence-electron chi connectivity index (χ2n) is 7.17. The van der Waals surface area contributed by atoms with Crippen molar-refractivity contribution in [1.82, 2.24) is 5.32 Å². The van der Waals surface area contributed by atoms with E-state index in [4.69, 9.17) is 20.4 Å². The molecule has 0 heterocycles. The highest BCUT2D eigenvalue weighted by atomic mass is 17.1. The van der Waals surface area contributed by atoms with Crippen LogP contribution in [-0.2, 0) is 25.8 Å². The maximum atomic E-state index is 12.1. The third kappa shape index (κ3) is 12.7. The van der Waals surface area contributed by atoms with Gasteiger partial charge in [-0.05, 0) is 37.0 Å². The Morgan fingerprint density at radius 3 is 2.32 bits per heavy atom. The molecule has 4 N–H and O–H groups in total. The molecule has 0 saturated carbocycles. The van der Waals surface area contributed by atoms with Crippen molar-refractivity contribution in [1.29, 1.82) is 0 Å². The van der Waals surface area contributed by atoms with Crippen molar-refractivity contribution in [3.63, 3.8) is 0 Å². The van der Waals surface area contributed by atoms with E-state index in [1.807, 2.05) is 24.3 Å². The molecule has 31 heavy (non-hydrogen) atoms. The topological polar surface area (TPSA) is 135 Å². The Labute approximate surface area is 182 Å². The van der Waals surface area contributed by atoms with Gasteiger partial charge in [-0.25, -0.2) is 9.78 Å². The first-order valence-corrected chi connectivity index (χ1v) is 10.4. The van der Waals surface area contributed by atoms with Gasteiger partial charge in [-0.1, -0.05) is 44.1 Å². The Bertz CT molecular complexity index is 656. The molecule has 0 spiro atoms. The Morgan fingerprint density at radius 1 is 1.06 bits per heavy atom. The van der Waals surface area contributed by atoms with E-state index >= 15 is 0 Å². The molecule has 0 bridgehead atoms. The number of nitrogens with one attached hydrogen (secondary N) is 1. The van der Waals surface area contributed by atoms with Gasteiger partial charge in [-0.15, -0.1) is 0 Å². The number of carboxylic acids is 1. The molecule has 9 nitrogen and oxygen atoms in total. The van der Waals surface area contributed by atoms with Crippen LogP contribution < -0.4 is 10.1 Å². The minimum Gasteiger partial charge on any atom is -0.485 e. The van der Waals surface area contributed by atoms with Crippen molar-refractivity contribution < 1.29 is 39.7 Å². The van der Waals surface area contributed by atoms with Crippen molar-refractivity contribution in [3.8, 4) is 5.75 Å². The number of carbonyl (C=O) groups is 2. The zero-order valence-corrected chi connectivity index (χ0v) is 17.9. The highest BCUT2D eigenvalue weighted by molar-refractivity contribution is 5.81.